The third-order valence-corrected chi connectivity index (χ3v) is 4.80. The Kier molecular flexibility index (Phi) is 4.51. The normalized spacial score (nSPS) is 10.6. The van der Waals surface area contributed by atoms with Crippen LogP contribution in [0.15, 0.2) is 42.5 Å². The molecule has 0 atom stereocenters. The molecular formula is C17H11ClFNO3S. The highest BCUT2D eigenvalue weighted by atomic mass is 35.5. The SMILES string of the molecule is COC(=O)c1ccc(Cl)c(NC(=O)c2cc3c(F)cccc3s2)c1. The summed E-state index contributed by atoms with van der Waals surface area (Å²) in [5.41, 5.74) is 0.544. The Morgan fingerprint density at radius 3 is 2.71 bits per heavy atom. The molecule has 1 aromatic heterocycles. The molecule has 1 amide bonds. The van der Waals surface area contributed by atoms with E-state index in [1.165, 1.54) is 48.8 Å². The predicted octanol–water partition coefficient (Wildman–Crippen LogP) is 4.73. The summed E-state index contributed by atoms with van der Waals surface area (Å²) in [6.07, 6.45) is 0. The van der Waals surface area contributed by atoms with E-state index < -0.39 is 11.9 Å². The zero-order valence-corrected chi connectivity index (χ0v) is 14.0. The summed E-state index contributed by atoms with van der Waals surface area (Å²) >= 11 is 7.23. The van der Waals surface area contributed by atoms with E-state index in [0.717, 1.165) is 0 Å². The minimum atomic E-state index is -0.536. The molecule has 0 unspecified atom stereocenters. The predicted molar refractivity (Wildman–Crippen MR) is 92.5 cm³/mol. The number of esters is 1. The number of methoxy groups -OCH3 is 1. The van der Waals surface area contributed by atoms with Crippen molar-refractivity contribution < 1.29 is 18.7 Å². The number of benzene rings is 2. The molecular weight excluding hydrogens is 353 g/mol. The van der Waals surface area contributed by atoms with Crippen molar-refractivity contribution >= 4 is 50.6 Å². The van der Waals surface area contributed by atoms with Crippen molar-refractivity contribution in [3.8, 4) is 0 Å². The van der Waals surface area contributed by atoms with Crippen molar-refractivity contribution in [1.82, 2.24) is 0 Å². The lowest BCUT2D eigenvalue weighted by Crippen LogP contribution is -2.11. The van der Waals surface area contributed by atoms with Gasteiger partial charge in [0.05, 0.1) is 28.3 Å². The number of thiophene rings is 1. The van der Waals surface area contributed by atoms with Gasteiger partial charge in [0, 0.05) is 10.1 Å². The van der Waals surface area contributed by atoms with Crippen molar-refractivity contribution in [3.05, 3.63) is 63.7 Å². The number of fused-ring (bicyclic) bond motifs is 1. The first-order chi connectivity index (χ1) is 11.5. The molecule has 0 aliphatic heterocycles. The maximum atomic E-state index is 13.7. The summed E-state index contributed by atoms with van der Waals surface area (Å²) in [6.45, 7) is 0. The molecule has 2 aromatic carbocycles. The van der Waals surface area contributed by atoms with E-state index in [0.29, 0.717) is 15.0 Å². The molecule has 0 aliphatic carbocycles. The van der Waals surface area contributed by atoms with Crippen LogP contribution in [0.2, 0.25) is 5.02 Å². The fourth-order valence-electron chi connectivity index (χ4n) is 2.19. The second-order valence-corrected chi connectivity index (χ2v) is 6.39. The lowest BCUT2D eigenvalue weighted by atomic mass is 10.2. The van der Waals surface area contributed by atoms with E-state index in [1.807, 2.05) is 0 Å². The van der Waals surface area contributed by atoms with Crippen molar-refractivity contribution in [2.24, 2.45) is 0 Å². The smallest absolute Gasteiger partial charge is 0.337 e. The molecule has 0 spiro atoms. The number of halogens is 2. The second kappa shape index (κ2) is 6.59. The van der Waals surface area contributed by atoms with Gasteiger partial charge in [-0.3, -0.25) is 4.79 Å². The minimum Gasteiger partial charge on any atom is -0.465 e. The quantitative estimate of drug-likeness (QED) is 0.684. The Morgan fingerprint density at radius 1 is 1.21 bits per heavy atom. The molecule has 1 heterocycles. The van der Waals surface area contributed by atoms with Crippen LogP contribution in [-0.4, -0.2) is 19.0 Å². The van der Waals surface area contributed by atoms with Gasteiger partial charge in [0.1, 0.15) is 5.82 Å². The van der Waals surface area contributed by atoms with Gasteiger partial charge in [-0.2, -0.15) is 0 Å². The van der Waals surface area contributed by atoms with E-state index in [-0.39, 0.29) is 22.1 Å². The number of anilines is 1. The van der Waals surface area contributed by atoms with Gasteiger partial charge in [0.25, 0.3) is 5.91 Å². The molecule has 0 saturated carbocycles. The largest absolute Gasteiger partial charge is 0.465 e. The van der Waals surface area contributed by atoms with E-state index in [9.17, 15) is 14.0 Å². The summed E-state index contributed by atoms with van der Waals surface area (Å²) in [7, 11) is 1.26. The monoisotopic (exact) mass is 363 g/mol. The molecule has 0 aliphatic rings. The number of hydrogen-bond donors (Lipinski definition) is 1. The molecule has 3 rings (SSSR count). The van der Waals surface area contributed by atoms with Gasteiger partial charge in [-0.05, 0) is 36.4 Å². The highest BCUT2D eigenvalue weighted by molar-refractivity contribution is 7.20. The maximum absolute atomic E-state index is 13.7. The molecule has 3 aromatic rings. The average molecular weight is 364 g/mol. The van der Waals surface area contributed by atoms with Crippen molar-refractivity contribution in [2.75, 3.05) is 12.4 Å². The summed E-state index contributed by atoms with van der Waals surface area (Å²) in [5.74, 6) is -1.35. The molecule has 4 nitrogen and oxygen atoms in total. The number of rotatable bonds is 3. The van der Waals surface area contributed by atoms with Gasteiger partial charge < -0.3 is 10.1 Å². The second-order valence-electron chi connectivity index (χ2n) is 4.90. The number of carbonyl (C=O) groups excluding carboxylic acids is 2. The number of carbonyl (C=O) groups is 2. The van der Waals surface area contributed by atoms with Crippen LogP contribution in [0.4, 0.5) is 10.1 Å². The average Bonchev–Trinajstić information content (AvgIpc) is 3.02. The number of ether oxygens (including phenoxy) is 1. The Labute approximate surface area is 145 Å². The lowest BCUT2D eigenvalue weighted by Gasteiger charge is -2.08. The molecule has 0 bridgehead atoms. The summed E-state index contributed by atoms with van der Waals surface area (Å²) in [4.78, 5) is 24.3. The number of amides is 1. The van der Waals surface area contributed by atoms with E-state index in [4.69, 9.17) is 11.6 Å². The fraction of sp³-hybridized carbons (Fsp3) is 0.0588. The van der Waals surface area contributed by atoms with E-state index in [1.54, 1.807) is 12.1 Å². The number of nitrogens with one attached hydrogen (secondary N) is 1. The van der Waals surface area contributed by atoms with E-state index in [2.05, 4.69) is 10.1 Å². The van der Waals surface area contributed by atoms with Gasteiger partial charge in [-0.25, -0.2) is 9.18 Å². The molecule has 0 saturated heterocycles. The van der Waals surface area contributed by atoms with Crippen LogP contribution in [0.25, 0.3) is 10.1 Å². The van der Waals surface area contributed by atoms with Gasteiger partial charge >= 0.3 is 5.97 Å². The van der Waals surface area contributed by atoms with Gasteiger partial charge in [0.15, 0.2) is 0 Å². The third kappa shape index (κ3) is 3.11. The van der Waals surface area contributed by atoms with Crippen LogP contribution < -0.4 is 5.32 Å². The van der Waals surface area contributed by atoms with E-state index >= 15 is 0 Å². The maximum Gasteiger partial charge on any atom is 0.337 e. The van der Waals surface area contributed by atoms with Crippen molar-refractivity contribution in [2.45, 2.75) is 0 Å². The Hall–Kier alpha value is -2.44. The highest BCUT2D eigenvalue weighted by Crippen LogP contribution is 2.29. The Balaban J connectivity index is 1.91. The zero-order valence-electron chi connectivity index (χ0n) is 12.4. The van der Waals surface area contributed by atoms with Crippen molar-refractivity contribution in [3.63, 3.8) is 0 Å². The Morgan fingerprint density at radius 2 is 2.00 bits per heavy atom. The first-order valence-electron chi connectivity index (χ1n) is 6.87. The van der Waals surface area contributed by atoms with Crippen LogP contribution in [0.3, 0.4) is 0 Å². The summed E-state index contributed by atoms with van der Waals surface area (Å²) < 4.78 is 19.1. The standard InChI is InChI=1S/C17H11ClFNO3S/c1-23-17(22)9-5-6-11(18)13(7-9)20-16(21)15-8-10-12(19)3-2-4-14(10)24-15/h2-8H,1H3,(H,20,21). The van der Waals surface area contributed by atoms with Gasteiger partial charge in [-0.1, -0.05) is 17.7 Å². The topological polar surface area (TPSA) is 55.4 Å². The molecule has 1 N–H and O–H groups in total. The van der Waals surface area contributed by atoms with Crippen LogP contribution in [0.1, 0.15) is 20.0 Å². The fourth-order valence-corrected chi connectivity index (χ4v) is 3.32. The summed E-state index contributed by atoms with van der Waals surface area (Å²) in [6, 6.07) is 10.6. The lowest BCUT2D eigenvalue weighted by molar-refractivity contribution is 0.0600. The highest BCUT2D eigenvalue weighted by Gasteiger charge is 2.15. The molecule has 122 valence electrons. The zero-order chi connectivity index (χ0) is 17.3. The Bertz CT molecular complexity index is 954. The van der Waals surface area contributed by atoms with Crippen LogP contribution in [0.5, 0.6) is 0 Å². The van der Waals surface area contributed by atoms with Gasteiger partial charge in [0.2, 0.25) is 0 Å². The molecule has 24 heavy (non-hydrogen) atoms. The van der Waals surface area contributed by atoms with Crippen molar-refractivity contribution in [1.29, 1.82) is 0 Å². The molecule has 0 fully saturated rings. The van der Waals surface area contributed by atoms with Crippen LogP contribution >= 0.6 is 22.9 Å². The third-order valence-electron chi connectivity index (χ3n) is 3.37. The number of hydrogen-bond acceptors (Lipinski definition) is 4. The molecule has 7 heteroatoms. The van der Waals surface area contributed by atoms with Crippen LogP contribution in [0, 0.1) is 5.82 Å². The van der Waals surface area contributed by atoms with Gasteiger partial charge in [-0.15, -0.1) is 11.3 Å². The molecule has 0 radical (unpaired) electrons. The minimum absolute atomic E-state index is 0.264. The first-order valence-corrected chi connectivity index (χ1v) is 8.06. The summed E-state index contributed by atoms with van der Waals surface area (Å²) in [5, 5.41) is 3.31. The van der Waals surface area contributed by atoms with Crippen LogP contribution in [-0.2, 0) is 4.74 Å². The first kappa shape index (κ1) is 16.4.